The average molecular weight is 443 g/mol. The van der Waals surface area contributed by atoms with Gasteiger partial charge in [-0.3, -0.25) is 14.5 Å². The van der Waals surface area contributed by atoms with Crippen LogP contribution in [0, 0.1) is 6.92 Å². The molecular weight excluding hydrogens is 418 g/mol. The lowest BCUT2D eigenvalue weighted by molar-refractivity contribution is -0.132. The van der Waals surface area contributed by atoms with Gasteiger partial charge in [0, 0.05) is 11.3 Å². The minimum Gasteiger partial charge on any atom is -0.507 e. The normalized spacial score (nSPS) is 17.3. The van der Waals surface area contributed by atoms with E-state index in [1.165, 1.54) is 4.90 Å². The molecule has 4 rings (SSSR count). The van der Waals surface area contributed by atoms with Crippen LogP contribution < -0.4 is 14.4 Å². The summed E-state index contributed by atoms with van der Waals surface area (Å²) in [6.07, 6.45) is 0. The predicted molar refractivity (Wildman–Crippen MR) is 127 cm³/mol. The quantitative estimate of drug-likeness (QED) is 0.329. The van der Waals surface area contributed by atoms with Crippen LogP contribution in [-0.2, 0) is 9.59 Å². The number of ketones is 1. The molecule has 1 saturated heterocycles. The molecule has 1 amide bonds. The van der Waals surface area contributed by atoms with Crippen LogP contribution in [0.1, 0.15) is 29.7 Å². The summed E-state index contributed by atoms with van der Waals surface area (Å²) in [5.74, 6) is -0.431. The van der Waals surface area contributed by atoms with E-state index >= 15 is 0 Å². The molecule has 0 aromatic heterocycles. The molecular formula is C27H25NO5. The molecule has 3 aromatic carbocycles. The maximum Gasteiger partial charge on any atom is 0.300 e. The number of amides is 1. The second kappa shape index (κ2) is 9.20. The molecule has 1 fully saturated rings. The highest BCUT2D eigenvalue weighted by Gasteiger charge is 2.47. The highest BCUT2D eigenvalue weighted by Crippen LogP contribution is 2.43. The molecule has 1 N–H and O–H groups in total. The van der Waals surface area contributed by atoms with Gasteiger partial charge in [0.15, 0.2) is 0 Å². The summed E-state index contributed by atoms with van der Waals surface area (Å²) >= 11 is 0. The highest BCUT2D eigenvalue weighted by molar-refractivity contribution is 6.51. The second-order valence-electron chi connectivity index (χ2n) is 7.74. The third-order valence-electron chi connectivity index (χ3n) is 5.57. The monoisotopic (exact) mass is 443 g/mol. The minimum atomic E-state index is -0.811. The zero-order valence-corrected chi connectivity index (χ0v) is 18.7. The number of nitrogens with zero attached hydrogens (tertiary/aromatic N) is 1. The summed E-state index contributed by atoms with van der Waals surface area (Å²) in [6.45, 7) is 4.28. The molecule has 1 unspecified atom stereocenters. The number of hydrogen-bond acceptors (Lipinski definition) is 5. The van der Waals surface area contributed by atoms with E-state index in [1.807, 2.05) is 50.2 Å². The van der Waals surface area contributed by atoms with Gasteiger partial charge in [-0.15, -0.1) is 0 Å². The molecule has 0 bridgehead atoms. The number of ether oxygens (including phenoxy) is 2. The van der Waals surface area contributed by atoms with Gasteiger partial charge in [0.25, 0.3) is 11.7 Å². The fourth-order valence-electron chi connectivity index (χ4n) is 4.04. The summed E-state index contributed by atoms with van der Waals surface area (Å²) < 4.78 is 10.8. The molecule has 0 radical (unpaired) electrons. The van der Waals surface area contributed by atoms with E-state index in [2.05, 4.69) is 0 Å². The van der Waals surface area contributed by atoms with Crippen molar-refractivity contribution >= 4 is 23.1 Å². The van der Waals surface area contributed by atoms with Crippen molar-refractivity contribution in [2.75, 3.05) is 18.6 Å². The van der Waals surface area contributed by atoms with Crippen molar-refractivity contribution < 1.29 is 24.2 Å². The lowest BCUT2D eigenvalue weighted by Gasteiger charge is -2.26. The van der Waals surface area contributed by atoms with Crippen LogP contribution in [0.2, 0.25) is 0 Å². The first-order valence-electron chi connectivity index (χ1n) is 10.7. The zero-order valence-electron chi connectivity index (χ0n) is 18.7. The molecule has 1 heterocycles. The van der Waals surface area contributed by atoms with Crippen LogP contribution in [0.4, 0.5) is 5.69 Å². The average Bonchev–Trinajstić information content (AvgIpc) is 3.09. The first-order valence-corrected chi connectivity index (χ1v) is 10.7. The molecule has 6 nitrogen and oxygen atoms in total. The van der Waals surface area contributed by atoms with Gasteiger partial charge >= 0.3 is 0 Å². The van der Waals surface area contributed by atoms with Gasteiger partial charge in [-0.1, -0.05) is 24.3 Å². The van der Waals surface area contributed by atoms with Crippen LogP contribution in [-0.4, -0.2) is 30.5 Å². The van der Waals surface area contributed by atoms with E-state index in [9.17, 15) is 14.7 Å². The first-order chi connectivity index (χ1) is 15.9. The van der Waals surface area contributed by atoms with Crippen molar-refractivity contribution in [1.82, 2.24) is 0 Å². The van der Waals surface area contributed by atoms with Gasteiger partial charge in [0.2, 0.25) is 0 Å². The Kier molecular flexibility index (Phi) is 6.18. The number of carbonyl (C=O) groups is 2. The lowest BCUT2D eigenvalue weighted by atomic mass is 9.95. The van der Waals surface area contributed by atoms with Gasteiger partial charge in [-0.25, -0.2) is 0 Å². The van der Waals surface area contributed by atoms with Gasteiger partial charge in [-0.05, 0) is 73.5 Å². The van der Waals surface area contributed by atoms with Gasteiger partial charge in [0.1, 0.15) is 17.3 Å². The summed E-state index contributed by atoms with van der Waals surface area (Å²) in [5.41, 5.74) is 2.64. The number of aliphatic hydroxyl groups excluding tert-OH is 1. The molecule has 0 aliphatic carbocycles. The van der Waals surface area contributed by atoms with Crippen LogP contribution in [0.3, 0.4) is 0 Å². The maximum absolute atomic E-state index is 13.2. The van der Waals surface area contributed by atoms with E-state index in [0.717, 1.165) is 5.56 Å². The second-order valence-corrected chi connectivity index (χ2v) is 7.74. The van der Waals surface area contributed by atoms with Crippen LogP contribution in [0.15, 0.2) is 78.4 Å². The van der Waals surface area contributed by atoms with E-state index in [4.69, 9.17) is 9.47 Å². The number of anilines is 1. The zero-order chi connectivity index (χ0) is 23.5. The summed E-state index contributed by atoms with van der Waals surface area (Å²) in [5, 5.41) is 11.2. The Morgan fingerprint density at radius 1 is 0.970 bits per heavy atom. The molecule has 1 aliphatic rings. The number of rotatable bonds is 6. The molecule has 1 atom stereocenters. The Morgan fingerprint density at radius 2 is 1.70 bits per heavy atom. The molecule has 3 aromatic rings. The molecule has 0 saturated carbocycles. The van der Waals surface area contributed by atoms with Crippen molar-refractivity contribution in [3.05, 3.63) is 95.1 Å². The molecule has 1 aliphatic heterocycles. The van der Waals surface area contributed by atoms with Gasteiger partial charge < -0.3 is 14.6 Å². The fraction of sp³-hybridized carbons (Fsp3) is 0.185. The Hall–Kier alpha value is -4.06. The summed E-state index contributed by atoms with van der Waals surface area (Å²) in [4.78, 5) is 27.9. The minimum absolute atomic E-state index is 0.0281. The number of Topliss-reactive ketones (excluding diaryl/α,β-unsaturated/α-hetero) is 1. The van der Waals surface area contributed by atoms with E-state index < -0.39 is 17.7 Å². The Labute approximate surface area is 192 Å². The summed E-state index contributed by atoms with van der Waals surface area (Å²) in [6, 6.07) is 20.5. The number of aliphatic hydroxyl groups is 1. The smallest absolute Gasteiger partial charge is 0.300 e. The molecule has 168 valence electrons. The first kappa shape index (κ1) is 22.1. The van der Waals surface area contributed by atoms with Crippen LogP contribution >= 0.6 is 0 Å². The van der Waals surface area contributed by atoms with Crippen molar-refractivity contribution in [3.8, 4) is 11.5 Å². The maximum atomic E-state index is 13.2. The molecule has 6 heteroatoms. The van der Waals surface area contributed by atoms with Crippen molar-refractivity contribution in [3.63, 3.8) is 0 Å². The number of benzene rings is 3. The Bertz CT molecular complexity index is 1230. The van der Waals surface area contributed by atoms with E-state index in [1.54, 1.807) is 43.5 Å². The lowest BCUT2D eigenvalue weighted by Crippen LogP contribution is -2.29. The third kappa shape index (κ3) is 4.20. The summed E-state index contributed by atoms with van der Waals surface area (Å²) in [7, 11) is 1.55. The van der Waals surface area contributed by atoms with Crippen molar-refractivity contribution in [1.29, 1.82) is 0 Å². The number of carbonyl (C=O) groups excluding carboxylic acids is 2. The SMILES string of the molecule is CCOc1cccc(C2/C(=C(\O)c3ccc(OC)cc3)C(=O)C(=O)N2c2cccc(C)c2)c1. The third-order valence-corrected chi connectivity index (χ3v) is 5.57. The van der Waals surface area contributed by atoms with Crippen molar-refractivity contribution in [2.24, 2.45) is 0 Å². The topological polar surface area (TPSA) is 76.1 Å². The number of hydrogen-bond donors (Lipinski definition) is 1. The van der Waals surface area contributed by atoms with Crippen LogP contribution in [0.25, 0.3) is 5.76 Å². The van der Waals surface area contributed by atoms with Gasteiger partial charge in [0.05, 0.1) is 25.3 Å². The fourth-order valence-corrected chi connectivity index (χ4v) is 4.04. The standard InChI is InChI=1S/C27H25NO5/c1-4-33-22-10-6-8-19(16-22)24-23(25(29)18-11-13-21(32-3)14-12-18)26(30)27(31)28(24)20-9-5-7-17(2)15-20/h5-16,24,29H,4H2,1-3H3/b25-23+. The van der Waals surface area contributed by atoms with Crippen LogP contribution in [0.5, 0.6) is 11.5 Å². The number of methoxy groups -OCH3 is 1. The highest BCUT2D eigenvalue weighted by atomic mass is 16.5. The largest absolute Gasteiger partial charge is 0.507 e. The Morgan fingerprint density at radius 3 is 2.36 bits per heavy atom. The molecule has 33 heavy (non-hydrogen) atoms. The predicted octanol–water partition coefficient (Wildman–Crippen LogP) is 5.03. The van der Waals surface area contributed by atoms with E-state index in [0.29, 0.717) is 34.9 Å². The number of aryl methyl sites for hydroxylation is 1. The Balaban J connectivity index is 1.92. The van der Waals surface area contributed by atoms with E-state index in [-0.39, 0.29) is 11.3 Å². The van der Waals surface area contributed by atoms with Crippen molar-refractivity contribution in [2.45, 2.75) is 19.9 Å². The molecule has 0 spiro atoms. The van der Waals surface area contributed by atoms with Gasteiger partial charge in [-0.2, -0.15) is 0 Å².